The molecule has 0 aromatic heterocycles. The van der Waals surface area contributed by atoms with Crippen LogP contribution in [0.3, 0.4) is 0 Å². The van der Waals surface area contributed by atoms with Gasteiger partial charge in [-0.2, -0.15) is 0 Å². The zero-order valence-corrected chi connectivity index (χ0v) is 13.4. The van der Waals surface area contributed by atoms with Crippen molar-refractivity contribution in [2.45, 2.75) is 6.92 Å². The molecule has 0 fully saturated rings. The van der Waals surface area contributed by atoms with Gasteiger partial charge in [-0.25, -0.2) is 0 Å². The Morgan fingerprint density at radius 3 is 2.08 bits per heavy atom. The van der Waals surface area contributed by atoms with Crippen molar-refractivity contribution in [1.82, 2.24) is 0 Å². The SMILES string of the molecule is CC(=O)Nc1ccc(N(c2ccccc2)c2cccc(N)c2)cc1. The molecule has 0 saturated heterocycles. The van der Waals surface area contributed by atoms with Crippen LogP contribution in [0.15, 0.2) is 78.9 Å². The Kier molecular flexibility index (Phi) is 4.47. The second-order valence-electron chi connectivity index (χ2n) is 5.49. The third kappa shape index (κ3) is 3.55. The largest absolute Gasteiger partial charge is 0.399 e. The standard InChI is InChI=1S/C20H19N3O/c1-15(24)22-17-10-12-19(13-11-17)23(18-7-3-2-4-8-18)20-9-5-6-16(21)14-20/h2-14H,21H2,1H3,(H,22,24). The van der Waals surface area contributed by atoms with Crippen LogP contribution in [0.4, 0.5) is 28.4 Å². The van der Waals surface area contributed by atoms with Crippen molar-refractivity contribution >= 4 is 34.3 Å². The highest BCUT2D eigenvalue weighted by molar-refractivity contribution is 5.89. The molecule has 0 unspecified atom stereocenters. The first kappa shape index (κ1) is 15.6. The van der Waals surface area contributed by atoms with E-state index in [1.807, 2.05) is 78.9 Å². The second-order valence-corrected chi connectivity index (χ2v) is 5.49. The van der Waals surface area contributed by atoms with Gasteiger partial charge in [0.05, 0.1) is 0 Å². The molecule has 0 radical (unpaired) electrons. The number of benzene rings is 3. The lowest BCUT2D eigenvalue weighted by Gasteiger charge is -2.25. The van der Waals surface area contributed by atoms with Crippen LogP contribution in [0.25, 0.3) is 0 Å². The number of carbonyl (C=O) groups is 1. The molecule has 0 aliphatic rings. The fraction of sp³-hybridized carbons (Fsp3) is 0.0500. The number of nitrogens with two attached hydrogens (primary N) is 1. The van der Waals surface area contributed by atoms with Gasteiger partial charge in [0.15, 0.2) is 0 Å². The zero-order valence-electron chi connectivity index (χ0n) is 13.4. The highest BCUT2D eigenvalue weighted by Gasteiger charge is 2.12. The molecule has 1 amide bonds. The van der Waals surface area contributed by atoms with Crippen molar-refractivity contribution < 1.29 is 4.79 Å². The third-order valence-electron chi connectivity index (χ3n) is 3.59. The van der Waals surface area contributed by atoms with Crippen LogP contribution < -0.4 is 16.0 Å². The molecule has 4 heteroatoms. The van der Waals surface area contributed by atoms with E-state index < -0.39 is 0 Å². The summed E-state index contributed by atoms with van der Waals surface area (Å²) in [5, 5.41) is 2.78. The van der Waals surface area contributed by atoms with Gasteiger partial charge in [0.2, 0.25) is 5.91 Å². The van der Waals surface area contributed by atoms with Crippen molar-refractivity contribution in [3.63, 3.8) is 0 Å². The minimum Gasteiger partial charge on any atom is -0.399 e. The summed E-state index contributed by atoms with van der Waals surface area (Å²) in [6.45, 7) is 1.50. The fourth-order valence-electron chi connectivity index (χ4n) is 2.59. The molecule has 0 atom stereocenters. The van der Waals surface area contributed by atoms with E-state index in [4.69, 9.17) is 5.73 Å². The number of carbonyl (C=O) groups excluding carboxylic acids is 1. The van der Waals surface area contributed by atoms with E-state index >= 15 is 0 Å². The lowest BCUT2D eigenvalue weighted by Crippen LogP contribution is -2.10. The van der Waals surface area contributed by atoms with Crippen LogP contribution in [0.5, 0.6) is 0 Å². The Morgan fingerprint density at radius 1 is 0.833 bits per heavy atom. The number of para-hydroxylation sites is 1. The molecule has 0 bridgehead atoms. The second kappa shape index (κ2) is 6.87. The summed E-state index contributed by atoms with van der Waals surface area (Å²) in [5.74, 6) is -0.0847. The van der Waals surface area contributed by atoms with E-state index in [0.29, 0.717) is 5.69 Å². The molecule has 0 spiro atoms. The molecule has 120 valence electrons. The van der Waals surface area contributed by atoms with Crippen molar-refractivity contribution in [1.29, 1.82) is 0 Å². The van der Waals surface area contributed by atoms with Gasteiger partial charge in [0.25, 0.3) is 0 Å². The van der Waals surface area contributed by atoms with Gasteiger partial charge in [0, 0.05) is 35.4 Å². The third-order valence-corrected chi connectivity index (χ3v) is 3.59. The Balaban J connectivity index is 2.03. The first-order valence-corrected chi connectivity index (χ1v) is 7.72. The smallest absolute Gasteiger partial charge is 0.221 e. The lowest BCUT2D eigenvalue weighted by atomic mass is 10.1. The fourth-order valence-corrected chi connectivity index (χ4v) is 2.59. The average molecular weight is 317 g/mol. The molecule has 3 aromatic rings. The minimum absolute atomic E-state index is 0.0847. The summed E-state index contributed by atoms with van der Waals surface area (Å²) in [6, 6.07) is 25.6. The van der Waals surface area contributed by atoms with Crippen molar-refractivity contribution in [2.75, 3.05) is 16.0 Å². The Bertz CT molecular complexity index is 829. The molecule has 0 heterocycles. The summed E-state index contributed by atoms with van der Waals surface area (Å²) in [7, 11) is 0. The molecule has 3 N–H and O–H groups in total. The van der Waals surface area contributed by atoms with E-state index in [-0.39, 0.29) is 5.91 Å². The predicted octanol–water partition coefficient (Wildman–Crippen LogP) is 4.70. The number of hydrogen-bond acceptors (Lipinski definition) is 3. The number of nitrogen functional groups attached to an aromatic ring is 1. The van der Waals surface area contributed by atoms with Gasteiger partial charge in [-0.3, -0.25) is 4.79 Å². The van der Waals surface area contributed by atoms with Gasteiger partial charge in [-0.15, -0.1) is 0 Å². The van der Waals surface area contributed by atoms with E-state index in [1.54, 1.807) is 0 Å². The number of hydrogen-bond donors (Lipinski definition) is 2. The highest BCUT2D eigenvalue weighted by atomic mass is 16.1. The first-order valence-electron chi connectivity index (χ1n) is 7.72. The van der Waals surface area contributed by atoms with Crippen molar-refractivity contribution in [2.24, 2.45) is 0 Å². The van der Waals surface area contributed by atoms with E-state index in [9.17, 15) is 4.79 Å². The topological polar surface area (TPSA) is 58.4 Å². The molecule has 4 nitrogen and oxygen atoms in total. The van der Waals surface area contributed by atoms with Crippen LogP contribution in [0, 0.1) is 0 Å². The Hall–Kier alpha value is -3.27. The van der Waals surface area contributed by atoms with Gasteiger partial charge >= 0.3 is 0 Å². The Morgan fingerprint density at radius 2 is 1.46 bits per heavy atom. The normalized spacial score (nSPS) is 10.2. The van der Waals surface area contributed by atoms with Gasteiger partial charge < -0.3 is 16.0 Å². The highest BCUT2D eigenvalue weighted by Crippen LogP contribution is 2.35. The van der Waals surface area contributed by atoms with Crippen LogP contribution in [-0.2, 0) is 4.79 Å². The van der Waals surface area contributed by atoms with Gasteiger partial charge in [-0.1, -0.05) is 24.3 Å². The van der Waals surface area contributed by atoms with Gasteiger partial charge in [0.1, 0.15) is 0 Å². The van der Waals surface area contributed by atoms with Crippen LogP contribution in [0.1, 0.15) is 6.92 Å². The number of nitrogens with one attached hydrogen (secondary N) is 1. The van der Waals surface area contributed by atoms with E-state index in [2.05, 4.69) is 10.2 Å². The maximum atomic E-state index is 11.2. The summed E-state index contributed by atoms with van der Waals surface area (Å²) >= 11 is 0. The molecule has 0 aliphatic carbocycles. The molecule has 0 saturated carbocycles. The average Bonchev–Trinajstić information content (AvgIpc) is 2.57. The monoisotopic (exact) mass is 317 g/mol. The number of anilines is 5. The first-order chi connectivity index (χ1) is 11.6. The van der Waals surface area contributed by atoms with E-state index in [1.165, 1.54) is 6.92 Å². The quantitative estimate of drug-likeness (QED) is 0.686. The van der Waals surface area contributed by atoms with Crippen molar-refractivity contribution in [3.8, 4) is 0 Å². The maximum absolute atomic E-state index is 11.2. The molecular formula is C20H19N3O. The summed E-state index contributed by atoms with van der Waals surface area (Å²) < 4.78 is 0. The van der Waals surface area contributed by atoms with Crippen LogP contribution in [0.2, 0.25) is 0 Å². The zero-order chi connectivity index (χ0) is 16.9. The van der Waals surface area contributed by atoms with Crippen LogP contribution in [-0.4, -0.2) is 5.91 Å². The Labute approximate surface area is 141 Å². The van der Waals surface area contributed by atoms with Gasteiger partial charge in [-0.05, 0) is 54.6 Å². The predicted molar refractivity (Wildman–Crippen MR) is 99.8 cm³/mol. The molecular weight excluding hydrogens is 298 g/mol. The lowest BCUT2D eigenvalue weighted by molar-refractivity contribution is -0.114. The van der Waals surface area contributed by atoms with Crippen molar-refractivity contribution in [3.05, 3.63) is 78.9 Å². The van der Waals surface area contributed by atoms with E-state index in [0.717, 1.165) is 22.7 Å². The molecule has 24 heavy (non-hydrogen) atoms. The van der Waals surface area contributed by atoms with Crippen LogP contribution >= 0.6 is 0 Å². The maximum Gasteiger partial charge on any atom is 0.221 e. The number of rotatable bonds is 4. The molecule has 0 aliphatic heterocycles. The number of amides is 1. The number of nitrogens with zero attached hydrogens (tertiary/aromatic N) is 1. The molecule has 3 rings (SSSR count). The minimum atomic E-state index is -0.0847. The summed E-state index contributed by atoms with van der Waals surface area (Å²) in [4.78, 5) is 13.3. The molecule has 3 aromatic carbocycles. The summed E-state index contributed by atoms with van der Waals surface area (Å²) in [5.41, 5.74) is 10.4. The summed E-state index contributed by atoms with van der Waals surface area (Å²) in [6.07, 6.45) is 0.